The highest BCUT2D eigenvalue weighted by atomic mass is 16.4. The molecule has 1 heterocycles. The van der Waals surface area contributed by atoms with Gasteiger partial charge in [-0.1, -0.05) is 42.5 Å². The van der Waals surface area contributed by atoms with E-state index in [1.807, 2.05) is 42.5 Å². The average Bonchev–Trinajstić information content (AvgIpc) is 2.73. The van der Waals surface area contributed by atoms with E-state index < -0.39 is 11.9 Å². The monoisotopic (exact) mass is 245 g/mol. The molecule has 4 nitrogen and oxygen atoms in total. The van der Waals surface area contributed by atoms with Crippen molar-refractivity contribution in [2.75, 3.05) is 13.1 Å². The van der Waals surface area contributed by atoms with E-state index in [9.17, 15) is 9.59 Å². The quantitative estimate of drug-likeness (QED) is 0.877. The number of amides is 1. The molecule has 1 unspecified atom stereocenters. The molecular formula is C14H15NO3. The maximum Gasteiger partial charge on any atom is 0.308 e. The van der Waals surface area contributed by atoms with E-state index in [4.69, 9.17) is 5.11 Å². The van der Waals surface area contributed by atoms with E-state index in [2.05, 4.69) is 0 Å². The largest absolute Gasteiger partial charge is 0.481 e. The number of likely N-dealkylation sites (tertiary alicyclic amines) is 1. The first-order chi connectivity index (χ1) is 8.66. The van der Waals surface area contributed by atoms with Crippen molar-refractivity contribution in [2.24, 2.45) is 5.92 Å². The summed E-state index contributed by atoms with van der Waals surface area (Å²) in [7, 11) is 0. The standard InChI is InChI=1S/C14H15NO3/c16-13-9-12(14(17)18)10-15(13)8-4-7-11-5-2-1-3-6-11/h1-7,12H,8-10H2,(H,17,18)/b7-4+. The number of rotatable bonds is 4. The lowest BCUT2D eigenvalue weighted by molar-refractivity contribution is -0.141. The van der Waals surface area contributed by atoms with Gasteiger partial charge in [-0.2, -0.15) is 0 Å². The van der Waals surface area contributed by atoms with Gasteiger partial charge in [0.2, 0.25) is 5.91 Å². The number of carboxylic acid groups (broad SMARTS) is 1. The highest BCUT2D eigenvalue weighted by molar-refractivity contribution is 5.86. The molecule has 0 aromatic heterocycles. The molecule has 1 amide bonds. The number of benzene rings is 1. The molecule has 2 rings (SSSR count). The van der Waals surface area contributed by atoms with Gasteiger partial charge in [-0.25, -0.2) is 0 Å². The minimum atomic E-state index is -0.891. The van der Waals surface area contributed by atoms with Crippen LogP contribution in [0.5, 0.6) is 0 Å². The number of carbonyl (C=O) groups is 2. The first-order valence-corrected chi connectivity index (χ1v) is 5.89. The van der Waals surface area contributed by atoms with Crippen molar-refractivity contribution in [3.05, 3.63) is 42.0 Å². The zero-order valence-corrected chi connectivity index (χ0v) is 9.95. The lowest BCUT2D eigenvalue weighted by Crippen LogP contribution is -2.26. The summed E-state index contributed by atoms with van der Waals surface area (Å²) in [5.74, 6) is -1.53. The van der Waals surface area contributed by atoms with E-state index in [0.29, 0.717) is 13.1 Å². The summed E-state index contributed by atoms with van der Waals surface area (Å²) in [6.45, 7) is 0.783. The molecule has 0 aliphatic carbocycles. The lowest BCUT2D eigenvalue weighted by atomic mass is 10.1. The second-order valence-electron chi connectivity index (χ2n) is 4.35. The van der Waals surface area contributed by atoms with Crippen LogP contribution in [0.2, 0.25) is 0 Å². The Kier molecular flexibility index (Phi) is 3.77. The number of hydrogen-bond acceptors (Lipinski definition) is 2. The van der Waals surface area contributed by atoms with Gasteiger partial charge in [0.25, 0.3) is 0 Å². The Bertz CT molecular complexity index is 467. The fourth-order valence-corrected chi connectivity index (χ4v) is 1.99. The third-order valence-electron chi connectivity index (χ3n) is 3.00. The normalized spacial score (nSPS) is 19.7. The Morgan fingerprint density at radius 2 is 2.11 bits per heavy atom. The zero-order chi connectivity index (χ0) is 13.0. The van der Waals surface area contributed by atoms with E-state index in [0.717, 1.165) is 5.56 Å². The molecule has 0 bridgehead atoms. The summed E-state index contributed by atoms with van der Waals surface area (Å²) in [5, 5.41) is 8.86. The predicted molar refractivity (Wildman–Crippen MR) is 67.8 cm³/mol. The number of nitrogens with zero attached hydrogens (tertiary/aromatic N) is 1. The fraction of sp³-hybridized carbons (Fsp3) is 0.286. The molecule has 1 aliphatic rings. The maximum atomic E-state index is 11.6. The molecule has 4 heteroatoms. The summed E-state index contributed by atoms with van der Waals surface area (Å²) in [6.07, 6.45) is 3.94. The summed E-state index contributed by atoms with van der Waals surface area (Å²) < 4.78 is 0. The third-order valence-corrected chi connectivity index (χ3v) is 3.00. The van der Waals surface area contributed by atoms with Crippen molar-refractivity contribution in [1.29, 1.82) is 0 Å². The summed E-state index contributed by atoms with van der Waals surface area (Å²) in [4.78, 5) is 23.9. The van der Waals surface area contributed by atoms with Gasteiger partial charge in [-0.05, 0) is 5.56 Å². The van der Waals surface area contributed by atoms with Crippen LogP contribution >= 0.6 is 0 Å². The van der Waals surface area contributed by atoms with Gasteiger partial charge >= 0.3 is 5.97 Å². The van der Waals surface area contributed by atoms with E-state index >= 15 is 0 Å². The van der Waals surface area contributed by atoms with Gasteiger partial charge in [-0.3, -0.25) is 9.59 Å². The molecule has 0 radical (unpaired) electrons. The van der Waals surface area contributed by atoms with Crippen molar-refractivity contribution >= 4 is 18.0 Å². The molecular weight excluding hydrogens is 230 g/mol. The Labute approximate surface area is 106 Å². The van der Waals surface area contributed by atoms with Crippen molar-refractivity contribution in [3.8, 4) is 0 Å². The van der Waals surface area contributed by atoms with Crippen LogP contribution in [0, 0.1) is 5.92 Å². The fourth-order valence-electron chi connectivity index (χ4n) is 1.99. The van der Waals surface area contributed by atoms with Crippen LogP contribution in [0.4, 0.5) is 0 Å². The molecule has 0 saturated carbocycles. The third kappa shape index (κ3) is 2.97. The molecule has 1 fully saturated rings. The molecule has 1 aliphatic heterocycles. The Morgan fingerprint density at radius 1 is 1.39 bits per heavy atom. The number of carboxylic acids is 1. The topological polar surface area (TPSA) is 57.6 Å². The molecule has 1 saturated heterocycles. The van der Waals surface area contributed by atoms with Crippen LogP contribution < -0.4 is 0 Å². The van der Waals surface area contributed by atoms with Crippen LogP contribution in [-0.4, -0.2) is 35.0 Å². The van der Waals surface area contributed by atoms with Crippen molar-refractivity contribution < 1.29 is 14.7 Å². The molecule has 1 N–H and O–H groups in total. The predicted octanol–water partition coefficient (Wildman–Crippen LogP) is 1.63. The van der Waals surface area contributed by atoms with Gasteiger partial charge in [0.15, 0.2) is 0 Å². The Hall–Kier alpha value is -2.10. The van der Waals surface area contributed by atoms with Gasteiger partial charge in [0.05, 0.1) is 5.92 Å². The van der Waals surface area contributed by atoms with Crippen LogP contribution in [0.3, 0.4) is 0 Å². The summed E-state index contributed by atoms with van der Waals surface area (Å²) in [6, 6.07) is 9.78. The van der Waals surface area contributed by atoms with Crippen molar-refractivity contribution in [1.82, 2.24) is 4.90 Å². The highest BCUT2D eigenvalue weighted by Crippen LogP contribution is 2.17. The van der Waals surface area contributed by atoms with Crippen LogP contribution in [-0.2, 0) is 9.59 Å². The van der Waals surface area contributed by atoms with Crippen LogP contribution in [0.15, 0.2) is 36.4 Å². The first kappa shape index (κ1) is 12.4. The molecule has 1 atom stereocenters. The second-order valence-corrected chi connectivity index (χ2v) is 4.35. The van der Waals surface area contributed by atoms with Crippen molar-refractivity contribution in [3.63, 3.8) is 0 Å². The van der Waals surface area contributed by atoms with Crippen LogP contribution in [0.25, 0.3) is 6.08 Å². The molecule has 0 spiro atoms. The Morgan fingerprint density at radius 3 is 2.72 bits per heavy atom. The first-order valence-electron chi connectivity index (χ1n) is 5.89. The smallest absolute Gasteiger partial charge is 0.308 e. The minimum Gasteiger partial charge on any atom is -0.481 e. The van der Waals surface area contributed by atoms with Gasteiger partial charge in [0, 0.05) is 19.5 Å². The summed E-state index contributed by atoms with van der Waals surface area (Å²) in [5.41, 5.74) is 1.07. The summed E-state index contributed by atoms with van der Waals surface area (Å²) >= 11 is 0. The average molecular weight is 245 g/mol. The van der Waals surface area contributed by atoms with Gasteiger partial charge in [0.1, 0.15) is 0 Å². The Balaban J connectivity index is 1.89. The number of carbonyl (C=O) groups excluding carboxylic acids is 1. The van der Waals surface area contributed by atoms with Crippen LogP contribution in [0.1, 0.15) is 12.0 Å². The van der Waals surface area contributed by atoms with Gasteiger partial charge in [-0.15, -0.1) is 0 Å². The number of aliphatic carboxylic acids is 1. The second kappa shape index (κ2) is 5.49. The molecule has 1 aromatic rings. The lowest BCUT2D eigenvalue weighted by Gasteiger charge is -2.12. The molecule has 1 aromatic carbocycles. The maximum absolute atomic E-state index is 11.6. The zero-order valence-electron chi connectivity index (χ0n) is 9.95. The van der Waals surface area contributed by atoms with E-state index in [1.165, 1.54) is 0 Å². The molecule has 94 valence electrons. The van der Waals surface area contributed by atoms with Crippen molar-refractivity contribution in [2.45, 2.75) is 6.42 Å². The highest BCUT2D eigenvalue weighted by Gasteiger charge is 2.33. The van der Waals surface area contributed by atoms with E-state index in [1.54, 1.807) is 4.90 Å². The molecule has 18 heavy (non-hydrogen) atoms. The van der Waals surface area contributed by atoms with Gasteiger partial charge < -0.3 is 10.0 Å². The minimum absolute atomic E-state index is 0.0832. The van der Waals surface area contributed by atoms with E-state index in [-0.39, 0.29) is 12.3 Å². The SMILES string of the molecule is O=C(O)C1CC(=O)N(C/C=C/c2ccccc2)C1. The number of hydrogen-bond donors (Lipinski definition) is 1.